The predicted octanol–water partition coefficient (Wildman–Crippen LogP) is 2.62. The lowest BCUT2D eigenvalue weighted by molar-refractivity contribution is -0.134. The van der Waals surface area contributed by atoms with Crippen LogP contribution >= 0.6 is 0 Å². The van der Waals surface area contributed by atoms with Crippen LogP contribution in [0.4, 0.5) is 4.39 Å². The van der Waals surface area contributed by atoms with E-state index >= 15 is 0 Å². The van der Waals surface area contributed by atoms with E-state index in [0.717, 1.165) is 37.7 Å². The zero-order valence-electron chi connectivity index (χ0n) is 13.7. The van der Waals surface area contributed by atoms with Gasteiger partial charge in [-0.2, -0.15) is 0 Å². The SMILES string of the molecule is CCCCC(N)C(=O)N1CCC(C(O)c2ccc(F)cc2)CC1. The summed E-state index contributed by atoms with van der Waals surface area (Å²) in [5, 5.41) is 10.4. The van der Waals surface area contributed by atoms with E-state index in [-0.39, 0.29) is 17.6 Å². The number of hydrogen-bond acceptors (Lipinski definition) is 3. The average molecular weight is 322 g/mol. The Morgan fingerprint density at radius 3 is 2.52 bits per heavy atom. The van der Waals surface area contributed by atoms with E-state index in [9.17, 15) is 14.3 Å². The number of carbonyl (C=O) groups excluding carboxylic acids is 1. The Hall–Kier alpha value is -1.46. The van der Waals surface area contributed by atoms with Crippen molar-refractivity contribution < 1.29 is 14.3 Å². The van der Waals surface area contributed by atoms with Gasteiger partial charge in [0.25, 0.3) is 0 Å². The highest BCUT2D eigenvalue weighted by Gasteiger charge is 2.29. The summed E-state index contributed by atoms with van der Waals surface area (Å²) in [5.41, 5.74) is 6.69. The summed E-state index contributed by atoms with van der Waals surface area (Å²) in [6.07, 6.45) is 3.60. The van der Waals surface area contributed by atoms with Crippen molar-refractivity contribution in [3.8, 4) is 0 Å². The van der Waals surface area contributed by atoms with Crippen LogP contribution in [0.15, 0.2) is 24.3 Å². The normalized spacial score (nSPS) is 18.7. The minimum Gasteiger partial charge on any atom is -0.388 e. The van der Waals surface area contributed by atoms with Crippen LogP contribution in [0.25, 0.3) is 0 Å². The Kier molecular flexibility index (Phi) is 6.54. The van der Waals surface area contributed by atoms with Gasteiger partial charge in [0, 0.05) is 13.1 Å². The van der Waals surface area contributed by atoms with E-state index in [1.807, 2.05) is 4.90 Å². The Morgan fingerprint density at radius 2 is 1.96 bits per heavy atom. The molecule has 1 aliphatic heterocycles. The number of aliphatic hydroxyl groups is 1. The minimum atomic E-state index is -0.610. The van der Waals surface area contributed by atoms with Crippen molar-refractivity contribution in [1.29, 1.82) is 0 Å². The van der Waals surface area contributed by atoms with Crippen LogP contribution in [0.5, 0.6) is 0 Å². The third kappa shape index (κ3) is 4.75. The van der Waals surface area contributed by atoms with Gasteiger partial charge >= 0.3 is 0 Å². The standard InChI is InChI=1S/C18H27FN2O2/c1-2-3-4-16(20)18(23)21-11-9-14(10-12-21)17(22)13-5-7-15(19)8-6-13/h5-8,14,16-17,22H,2-4,9-12,20H2,1H3. The van der Waals surface area contributed by atoms with Gasteiger partial charge in [-0.05, 0) is 42.9 Å². The van der Waals surface area contributed by atoms with Gasteiger partial charge in [-0.1, -0.05) is 31.9 Å². The molecule has 1 aliphatic rings. The first-order chi connectivity index (χ1) is 11.0. The maximum absolute atomic E-state index is 13.0. The van der Waals surface area contributed by atoms with Crippen molar-refractivity contribution in [3.05, 3.63) is 35.6 Å². The zero-order valence-corrected chi connectivity index (χ0v) is 13.7. The second-order valence-electron chi connectivity index (χ2n) is 6.41. The van der Waals surface area contributed by atoms with Gasteiger partial charge in [0.15, 0.2) is 0 Å². The molecule has 1 amide bonds. The number of rotatable bonds is 6. The first kappa shape index (κ1) is 17.9. The molecule has 0 spiro atoms. The van der Waals surface area contributed by atoms with Gasteiger partial charge in [-0.15, -0.1) is 0 Å². The number of piperidine rings is 1. The number of amides is 1. The van der Waals surface area contributed by atoms with Crippen LogP contribution in [0.3, 0.4) is 0 Å². The van der Waals surface area contributed by atoms with Crippen molar-refractivity contribution in [2.24, 2.45) is 11.7 Å². The zero-order chi connectivity index (χ0) is 16.8. The summed E-state index contributed by atoms with van der Waals surface area (Å²) in [7, 11) is 0. The average Bonchev–Trinajstić information content (AvgIpc) is 2.59. The van der Waals surface area contributed by atoms with Gasteiger partial charge in [-0.3, -0.25) is 4.79 Å². The van der Waals surface area contributed by atoms with E-state index in [1.54, 1.807) is 12.1 Å². The molecule has 0 aromatic heterocycles. The highest BCUT2D eigenvalue weighted by molar-refractivity contribution is 5.81. The van der Waals surface area contributed by atoms with E-state index in [4.69, 9.17) is 5.73 Å². The summed E-state index contributed by atoms with van der Waals surface area (Å²) < 4.78 is 13.0. The summed E-state index contributed by atoms with van der Waals surface area (Å²) in [6.45, 7) is 3.34. The molecule has 2 atom stereocenters. The van der Waals surface area contributed by atoms with Crippen molar-refractivity contribution in [3.63, 3.8) is 0 Å². The molecule has 1 aromatic rings. The number of unbranched alkanes of at least 4 members (excludes halogenated alkanes) is 1. The molecule has 0 radical (unpaired) electrons. The molecule has 3 N–H and O–H groups in total. The van der Waals surface area contributed by atoms with Crippen LogP contribution in [0.1, 0.15) is 50.7 Å². The Balaban J connectivity index is 1.85. The molecule has 2 rings (SSSR count). The van der Waals surface area contributed by atoms with Crippen molar-refractivity contribution >= 4 is 5.91 Å². The molecule has 2 unspecified atom stereocenters. The van der Waals surface area contributed by atoms with Crippen LogP contribution in [-0.2, 0) is 4.79 Å². The minimum absolute atomic E-state index is 0.0215. The summed E-state index contributed by atoms with van der Waals surface area (Å²) in [4.78, 5) is 14.1. The summed E-state index contributed by atoms with van der Waals surface area (Å²) >= 11 is 0. The molecule has 4 nitrogen and oxygen atoms in total. The lowest BCUT2D eigenvalue weighted by atomic mass is 9.87. The number of nitrogens with zero attached hydrogens (tertiary/aromatic N) is 1. The van der Waals surface area contributed by atoms with Gasteiger partial charge < -0.3 is 15.7 Å². The predicted molar refractivity (Wildman–Crippen MR) is 88.2 cm³/mol. The molecule has 1 fully saturated rings. The third-order valence-electron chi connectivity index (χ3n) is 4.70. The third-order valence-corrected chi connectivity index (χ3v) is 4.70. The fourth-order valence-corrected chi connectivity index (χ4v) is 3.15. The lowest BCUT2D eigenvalue weighted by Crippen LogP contribution is -2.47. The number of benzene rings is 1. The van der Waals surface area contributed by atoms with E-state index in [1.165, 1.54) is 12.1 Å². The van der Waals surface area contributed by atoms with Crippen LogP contribution in [0, 0.1) is 11.7 Å². The second-order valence-corrected chi connectivity index (χ2v) is 6.41. The van der Waals surface area contributed by atoms with Crippen molar-refractivity contribution in [1.82, 2.24) is 4.90 Å². The number of likely N-dealkylation sites (tertiary alicyclic amines) is 1. The number of nitrogens with two attached hydrogens (primary N) is 1. The molecule has 1 saturated heterocycles. The second kappa shape index (κ2) is 8.41. The van der Waals surface area contributed by atoms with E-state index in [2.05, 4.69) is 6.92 Å². The topological polar surface area (TPSA) is 66.6 Å². The fraction of sp³-hybridized carbons (Fsp3) is 0.611. The highest BCUT2D eigenvalue weighted by Crippen LogP contribution is 2.31. The van der Waals surface area contributed by atoms with Crippen LogP contribution in [0.2, 0.25) is 0 Å². The summed E-state index contributed by atoms with van der Waals surface area (Å²) in [6, 6.07) is 5.57. The number of aliphatic hydroxyl groups excluding tert-OH is 1. The molecule has 1 heterocycles. The van der Waals surface area contributed by atoms with Crippen molar-refractivity contribution in [2.45, 2.75) is 51.2 Å². The molecule has 5 heteroatoms. The summed E-state index contributed by atoms with van der Waals surface area (Å²) in [5.74, 6) is -0.188. The Bertz CT molecular complexity index is 498. The molecule has 23 heavy (non-hydrogen) atoms. The molecule has 0 saturated carbocycles. The molecular weight excluding hydrogens is 295 g/mol. The molecule has 0 aliphatic carbocycles. The van der Waals surface area contributed by atoms with E-state index < -0.39 is 12.1 Å². The largest absolute Gasteiger partial charge is 0.388 e. The molecule has 0 bridgehead atoms. The van der Waals surface area contributed by atoms with Gasteiger partial charge in [0.2, 0.25) is 5.91 Å². The van der Waals surface area contributed by atoms with Crippen molar-refractivity contribution in [2.75, 3.05) is 13.1 Å². The van der Waals surface area contributed by atoms with Gasteiger partial charge in [0.1, 0.15) is 5.82 Å². The number of carbonyl (C=O) groups is 1. The number of hydrogen-bond donors (Lipinski definition) is 2. The van der Waals surface area contributed by atoms with Crippen LogP contribution < -0.4 is 5.73 Å². The molecule has 128 valence electrons. The Labute approximate surface area is 137 Å². The number of halogens is 1. The molecular formula is C18H27FN2O2. The smallest absolute Gasteiger partial charge is 0.239 e. The first-order valence-corrected chi connectivity index (χ1v) is 8.50. The van der Waals surface area contributed by atoms with Gasteiger partial charge in [-0.25, -0.2) is 4.39 Å². The molecule has 1 aromatic carbocycles. The monoisotopic (exact) mass is 322 g/mol. The lowest BCUT2D eigenvalue weighted by Gasteiger charge is -2.35. The maximum Gasteiger partial charge on any atom is 0.239 e. The van der Waals surface area contributed by atoms with Crippen LogP contribution in [-0.4, -0.2) is 35.0 Å². The quantitative estimate of drug-likeness (QED) is 0.846. The Morgan fingerprint density at radius 1 is 1.35 bits per heavy atom. The maximum atomic E-state index is 13.0. The van der Waals surface area contributed by atoms with Gasteiger partial charge in [0.05, 0.1) is 12.1 Å². The highest BCUT2D eigenvalue weighted by atomic mass is 19.1. The first-order valence-electron chi connectivity index (χ1n) is 8.50. The van der Waals surface area contributed by atoms with E-state index in [0.29, 0.717) is 13.1 Å². The fourth-order valence-electron chi connectivity index (χ4n) is 3.15.